The molecule has 0 unspecified atom stereocenters. The van der Waals surface area contributed by atoms with E-state index in [2.05, 4.69) is 9.97 Å². The van der Waals surface area contributed by atoms with Crippen LogP contribution in [0.2, 0.25) is 0 Å². The predicted molar refractivity (Wildman–Crippen MR) is 73.9 cm³/mol. The highest BCUT2D eigenvalue weighted by atomic mass is 19.4. The van der Waals surface area contributed by atoms with Gasteiger partial charge in [-0.15, -0.1) is 0 Å². The molecule has 0 aliphatic heterocycles. The molecule has 2 N–H and O–H groups in total. The number of benzene rings is 1. The molecular weight excluding hydrogens is 296 g/mol. The zero-order chi connectivity index (χ0) is 15.7. The fourth-order valence-corrected chi connectivity index (χ4v) is 2.54. The number of aromatic nitrogens is 2. The second-order valence-electron chi connectivity index (χ2n) is 4.89. The summed E-state index contributed by atoms with van der Waals surface area (Å²) in [4.78, 5) is 5.88. The zero-order valence-corrected chi connectivity index (χ0v) is 11.3. The van der Waals surface area contributed by atoms with Gasteiger partial charge in [-0.25, -0.2) is 4.39 Å². The number of rotatable bonds is 3. The van der Waals surface area contributed by atoms with E-state index in [0.717, 1.165) is 6.07 Å². The van der Waals surface area contributed by atoms with Crippen LogP contribution in [0.4, 0.5) is 17.6 Å². The molecule has 0 spiro atoms. The van der Waals surface area contributed by atoms with Crippen molar-refractivity contribution in [3.8, 4) is 0 Å². The van der Waals surface area contributed by atoms with Crippen LogP contribution in [0.25, 0.3) is 0 Å². The number of H-pyrrole nitrogens is 2. The van der Waals surface area contributed by atoms with E-state index in [0.29, 0.717) is 11.4 Å². The lowest BCUT2D eigenvalue weighted by molar-refractivity contribution is -0.140. The molecule has 0 aliphatic rings. The van der Waals surface area contributed by atoms with Gasteiger partial charge in [-0.1, -0.05) is 12.1 Å². The summed E-state index contributed by atoms with van der Waals surface area (Å²) in [6.07, 6.45) is -1.43. The van der Waals surface area contributed by atoms with Gasteiger partial charge in [-0.2, -0.15) is 13.2 Å². The van der Waals surface area contributed by atoms with Crippen molar-refractivity contribution < 1.29 is 17.6 Å². The Hall–Kier alpha value is -2.50. The van der Waals surface area contributed by atoms with Gasteiger partial charge in [0.25, 0.3) is 0 Å². The number of nitrogens with one attached hydrogen (secondary N) is 2. The Bertz CT molecular complexity index is 709. The molecule has 22 heavy (non-hydrogen) atoms. The number of alkyl halides is 3. The van der Waals surface area contributed by atoms with Crippen LogP contribution in [0.3, 0.4) is 0 Å². The number of hydrogen-bond donors (Lipinski definition) is 2. The highest BCUT2D eigenvalue weighted by molar-refractivity contribution is 5.41. The van der Waals surface area contributed by atoms with Crippen molar-refractivity contribution in [1.82, 2.24) is 9.97 Å². The first-order valence-electron chi connectivity index (χ1n) is 6.60. The summed E-state index contributed by atoms with van der Waals surface area (Å²) >= 11 is 0. The molecule has 0 fully saturated rings. The molecule has 0 amide bonds. The van der Waals surface area contributed by atoms with Crippen molar-refractivity contribution in [3.63, 3.8) is 0 Å². The van der Waals surface area contributed by atoms with Crippen LogP contribution in [0.15, 0.2) is 54.9 Å². The monoisotopic (exact) mass is 308 g/mol. The highest BCUT2D eigenvalue weighted by Gasteiger charge is 2.36. The van der Waals surface area contributed by atoms with E-state index < -0.39 is 23.5 Å². The van der Waals surface area contributed by atoms with Crippen LogP contribution < -0.4 is 0 Å². The fraction of sp³-hybridized carbons (Fsp3) is 0.125. The number of halogens is 4. The second kappa shape index (κ2) is 5.36. The molecule has 0 saturated heterocycles. The Kier molecular flexibility index (Phi) is 3.52. The molecule has 2 heterocycles. The molecule has 0 bridgehead atoms. The minimum absolute atomic E-state index is 0.0280. The van der Waals surface area contributed by atoms with E-state index >= 15 is 0 Å². The third kappa shape index (κ3) is 2.52. The Morgan fingerprint density at radius 3 is 1.86 bits per heavy atom. The summed E-state index contributed by atoms with van der Waals surface area (Å²) in [7, 11) is 0. The summed E-state index contributed by atoms with van der Waals surface area (Å²) < 4.78 is 53.2. The molecule has 6 heteroatoms. The van der Waals surface area contributed by atoms with Gasteiger partial charge in [-0.05, 0) is 30.3 Å². The van der Waals surface area contributed by atoms with Crippen molar-refractivity contribution in [1.29, 1.82) is 0 Å². The molecule has 3 rings (SSSR count). The third-order valence-corrected chi connectivity index (χ3v) is 3.51. The van der Waals surface area contributed by atoms with E-state index in [4.69, 9.17) is 0 Å². The third-order valence-electron chi connectivity index (χ3n) is 3.51. The maximum Gasteiger partial charge on any atom is 0.419 e. The zero-order valence-electron chi connectivity index (χ0n) is 11.3. The minimum atomic E-state index is -4.73. The van der Waals surface area contributed by atoms with Gasteiger partial charge >= 0.3 is 6.18 Å². The molecule has 114 valence electrons. The lowest BCUT2D eigenvalue weighted by atomic mass is 9.90. The van der Waals surface area contributed by atoms with Crippen molar-refractivity contribution in [2.45, 2.75) is 12.1 Å². The Labute approximate surface area is 123 Å². The summed E-state index contributed by atoms with van der Waals surface area (Å²) in [6.45, 7) is 0. The number of aromatic amines is 2. The Morgan fingerprint density at radius 2 is 1.41 bits per heavy atom. The predicted octanol–water partition coefficient (Wildman–Crippen LogP) is 4.68. The van der Waals surface area contributed by atoms with Crippen molar-refractivity contribution in [3.05, 3.63) is 83.2 Å². The molecule has 2 nitrogen and oxygen atoms in total. The van der Waals surface area contributed by atoms with Gasteiger partial charge in [0.1, 0.15) is 5.82 Å². The van der Waals surface area contributed by atoms with Gasteiger partial charge < -0.3 is 9.97 Å². The van der Waals surface area contributed by atoms with Crippen LogP contribution in [0.1, 0.15) is 28.4 Å². The van der Waals surface area contributed by atoms with Crippen LogP contribution in [-0.4, -0.2) is 9.97 Å². The molecule has 2 aromatic heterocycles. The van der Waals surface area contributed by atoms with E-state index in [-0.39, 0.29) is 5.56 Å². The Morgan fingerprint density at radius 1 is 0.818 bits per heavy atom. The Balaban J connectivity index is 2.18. The molecular formula is C16H12F4N2. The molecule has 0 saturated carbocycles. The van der Waals surface area contributed by atoms with E-state index in [9.17, 15) is 17.6 Å². The number of hydrogen-bond acceptors (Lipinski definition) is 0. The van der Waals surface area contributed by atoms with E-state index in [1.807, 2.05) is 0 Å². The standard InChI is InChI=1S/C16H12F4N2/c17-15-10(4-1-5-11(15)16(18,19)20)14(12-6-2-8-21-12)13-7-3-9-22-13/h1-9,14,21-22H. The van der Waals surface area contributed by atoms with Gasteiger partial charge in [0.2, 0.25) is 0 Å². The first kappa shape index (κ1) is 14.4. The maximum atomic E-state index is 14.5. The quantitative estimate of drug-likeness (QED) is 0.658. The fourth-order valence-electron chi connectivity index (χ4n) is 2.54. The van der Waals surface area contributed by atoms with Crippen LogP contribution in [0, 0.1) is 5.82 Å². The van der Waals surface area contributed by atoms with Crippen molar-refractivity contribution in [2.24, 2.45) is 0 Å². The van der Waals surface area contributed by atoms with Gasteiger partial charge in [0, 0.05) is 29.3 Å². The van der Waals surface area contributed by atoms with Crippen LogP contribution in [0.5, 0.6) is 0 Å². The molecule has 0 aliphatic carbocycles. The summed E-state index contributed by atoms with van der Waals surface area (Å²) in [5.74, 6) is -1.91. The average Bonchev–Trinajstić information content (AvgIpc) is 3.13. The summed E-state index contributed by atoms with van der Waals surface area (Å²) in [6, 6.07) is 10.2. The van der Waals surface area contributed by atoms with Crippen LogP contribution in [-0.2, 0) is 6.18 Å². The lowest BCUT2D eigenvalue weighted by Gasteiger charge is -2.18. The van der Waals surface area contributed by atoms with Crippen molar-refractivity contribution in [2.75, 3.05) is 0 Å². The topological polar surface area (TPSA) is 31.6 Å². The van der Waals surface area contributed by atoms with Crippen LogP contribution >= 0.6 is 0 Å². The smallest absolute Gasteiger partial charge is 0.364 e. The molecule has 0 atom stereocenters. The first-order chi connectivity index (χ1) is 10.5. The van der Waals surface area contributed by atoms with E-state index in [1.165, 1.54) is 12.1 Å². The molecule has 1 aromatic carbocycles. The van der Waals surface area contributed by atoms with Crippen molar-refractivity contribution >= 4 is 0 Å². The van der Waals surface area contributed by atoms with E-state index in [1.54, 1.807) is 36.7 Å². The lowest BCUT2D eigenvalue weighted by Crippen LogP contribution is -2.13. The highest BCUT2D eigenvalue weighted by Crippen LogP contribution is 2.37. The maximum absolute atomic E-state index is 14.5. The largest absolute Gasteiger partial charge is 0.419 e. The molecule has 0 radical (unpaired) electrons. The average molecular weight is 308 g/mol. The van der Waals surface area contributed by atoms with Gasteiger partial charge in [0.15, 0.2) is 0 Å². The second-order valence-corrected chi connectivity index (χ2v) is 4.89. The molecule has 3 aromatic rings. The first-order valence-corrected chi connectivity index (χ1v) is 6.60. The summed E-state index contributed by atoms with van der Waals surface area (Å²) in [5, 5.41) is 0. The normalized spacial score (nSPS) is 12.0. The minimum Gasteiger partial charge on any atom is -0.364 e. The summed E-state index contributed by atoms with van der Waals surface area (Å²) in [5.41, 5.74) is -0.0609. The van der Waals surface area contributed by atoms with Gasteiger partial charge in [0.05, 0.1) is 11.5 Å². The van der Waals surface area contributed by atoms with Gasteiger partial charge in [-0.3, -0.25) is 0 Å². The SMILES string of the molecule is Fc1c(C(c2ccc[nH]2)c2ccc[nH]2)cccc1C(F)(F)F.